The monoisotopic (exact) mass is 160 g/mol. The van der Waals surface area contributed by atoms with Crippen LogP contribution in [0.3, 0.4) is 0 Å². The second-order valence-electron chi connectivity index (χ2n) is 2.40. The Morgan fingerprint density at radius 2 is 1.40 bits per heavy atom. The Balaban J connectivity index is -0.0000000326. The van der Waals surface area contributed by atoms with Crippen molar-refractivity contribution >= 4 is 0 Å². The number of hydrogen-bond donors (Lipinski definition) is 0. The molecule has 0 N–H and O–H groups in total. The second kappa shape index (κ2) is 13.4. The molecule has 0 heterocycles. The summed E-state index contributed by atoms with van der Waals surface area (Å²) in [6, 6.07) is 0. The summed E-state index contributed by atoms with van der Waals surface area (Å²) >= 11 is 0. The molecule has 0 bridgehead atoms. The average molecular weight is 160 g/mol. The Labute approximate surface area is 119 Å². The fourth-order valence-electron chi connectivity index (χ4n) is 0. The molecule has 0 aliphatic rings. The average Bonchev–Trinajstić information content (AvgIpc) is 1.27. The van der Waals surface area contributed by atoms with Crippen molar-refractivity contribution in [2.24, 2.45) is 0 Å². The van der Waals surface area contributed by atoms with Crippen LogP contribution >= 0.6 is 0 Å². The summed E-state index contributed by atoms with van der Waals surface area (Å²) in [5, 5.41) is 10.1. The molecular formula is C7H14KLiO. The van der Waals surface area contributed by atoms with E-state index in [4.69, 9.17) is 0 Å². The van der Waals surface area contributed by atoms with Crippen LogP contribution in [0, 0.1) is 6.92 Å². The van der Waals surface area contributed by atoms with Crippen LogP contribution in [-0.4, -0.2) is 5.60 Å². The van der Waals surface area contributed by atoms with Gasteiger partial charge in [-0.25, -0.2) is 19.6 Å². The van der Waals surface area contributed by atoms with E-state index < -0.39 is 5.60 Å². The smallest absolute Gasteiger partial charge is 0.850 e. The summed E-state index contributed by atoms with van der Waals surface area (Å²) in [4.78, 5) is 0. The van der Waals surface area contributed by atoms with Gasteiger partial charge in [-0.1, -0.05) is 20.8 Å². The molecule has 0 atom stereocenters. The third kappa shape index (κ3) is 234. The van der Waals surface area contributed by atoms with Crippen LogP contribution in [0.25, 0.3) is 0 Å². The molecule has 0 aromatic rings. The zero-order chi connectivity index (χ0) is 7.21. The van der Waals surface area contributed by atoms with Crippen molar-refractivity contribution in [1.82, 2.24) is 0 Å². The Kier molecular flexibility index (Phi) is 30.3. The van der Waals surface area contributed by atoms with Crippen LogP contribution in [-0.2, 0) is 0 Å². The van der Waals surface area contributed by atoms with Gasteiger partial charge in [0.05, 0.1) is 0 Å². The SMILES string of the molecule is C=C[CH2-].CC(C)(C)[O-].[K+].[Li+]. The Morgan fingerprint density at radius 1 is 1.40 bits per heavy atom. The molecule has 0 aliphatic heterocycles. The zero-order valence-corrected chi connectivity index (χ0v) is 11.0. The molecule has 0 aromatic carbocycles. The normalized spacial score (nSPS) is 7.20. The summed E-state index contributed by atoms with van der Waals surface area (Å²) in [6.07, 6.45) is 1.50. The van der Waals surface area contributed by atoms with Gasteiger partial charge in [0.15, 0.2) is 0 Å². The van der Waals surface area contributed by atoms with Gasteiger partial charge in [0.2, 0.25) is 0 Å². The van der Waals surface area contributed by atoms with Crippen molar-refractivity contribution in [2.45, 2.75) is 26.4 Å². The van der Waals surface area contributed by atoms with Crippen LogP contribution in [0.5, 0.6) is 0 Å². The van der Waals surface area contributed by atoms with Crippen LogP contribution in [0.1, 0.15) is 20.8 Å². The maximum Gasteiger partial charge on any atom is 1.00 e. The molecule has 0 aromatic heterocycles. The first-order chi connectivity index (χ1) is 3.41. The van der Waals surface area contributed by atoms with E-state index in [9.17, 15) is 5.11 Å². The molecule has 50 valence electrons. The van der Waals surface area contributed by atoms with Gasteiger partial charge in [0.25, 0.3) is 0 Å². The molecule has 0 amide bonds. The molecule has 10 heavy (non-hydrogen) atoms. The topological polar surface area (TPSA) is 23.1 Å². The number of rotatable bonds is 0. The van der Waals surface area contributed by atoms with E-state index in [0.717, 1.165) is 0 Å². The quantitative estimate of drug-likeness (QED) is 0.257. The van der Waals surface area contributed by atoms with Crippen LogP contribution < -0.4 is 75.4 Å². The molecule has 0 fully saturated rings. The minimum atomic E-state index is -0.750. The van der Waals surface area contributed by atoms with E-state index in [1.807, 2.05) is 0 Å². The maximum absolute atomic E-state index is 10.1. The first-order valence-corrected chi connectivity index (χ1v) is 2.52. The minimum Gasteiger partial charge on any atom is -0.850 e. The summed E-state index contributed by atoms with van der Waals surface area (Å²) < 4.78 is 0. The van der Waals surface area contributed by atoms with E-state index in [0.29, 0.717) is 0 Å². The van der Waals surface area contributed by atoms with Crippen molar-refractivity contribution in [3.05, 3.63) is 19.6 Å². The molecule has 0 aliphatic carbocycles. The van der Waals surface area contributed by atoms with Gasteiger partial charge in [0, 0.05) is 0 Å². The molecule has 0 radical (unpaired) electrons. The predicted octanol–water partition coefficient (Wildman–Crippen LogP) is -4.84. The zero-order valence-electron chi connectivity index (χ0n) is 7.90. The minimum absolute atomic E-state index is 0. The molecule has 1 nitrogen and oxygen atoms in total. The van der Waals surface area contributed by atoms with Crippen LogP contribution in [0.4, 0.5) is 0 Å². The third-order valence-corrected chi connectivity index (χ3v) is 0. The van der Waals surface area contributed by atoms with Gasteiger partial charge in [-0.05, 0) is 0 Å². The molecule has 0 saturated heterocycles. The van der Waals surface area contributed by atoms with E-state index in [2.05, 4.69) is 13.5 Å². The van der Waals surface area contributed by atoms with Gasteiger partial charge in [-0.2, -0.15) is 0 Å². The predicted molar refractivity (Wildman–Crippen MR) is 35.3 cm³/mol. The van der Waals surface area contributed by atoms with Crippen molar-refractivity contribution < 1.29 is 75.4 Å². The van der Waals surface area contributed by atoms with Crippen molar-refractivity contribution in [1.29, 1.82) is 0 Å². The summed E-state index contributed by atoms with van der Waals surface area (Å²) in [6.45, 7) is 11.4. The summed E-state index contributed by atoms with van der Waals surface area (Å²) in [5.74, 6) is 0. The maximum atomic E-state index is 10.1. The largest absolute Gasteiger partial charge is 1.00 e. The Hall–Kier alpha value is 1.80. The fourth-order valence-corrected chi connectivity index (χ4v) is 0. The van der Waals surface area contributed by atoms with Crippen LogP contribution in [0.15, 0.2) is 12.7 Å². The first-order valence-electron chi connectivity index (χ1n) is 2.52. The van der Waals surface area contributed by atoms with E-state index in [-0.39, 0.29) is 70.2 Å². The van der Waals surface area contributed by atoms with Crippen molar-refractivity contribution in [3.8, 4) is 0 Å². The van der Waals surface area contributed by atoms with E-state index in [1.54, 1.807) is 20.8 Å². The van der Waals surface area contributed by atoms with Crippen molar-refractivity contribution in [2.75, 3.05) is 0 Å². The number of allylic oxidation sites excluding steroid dienone is 1. The van der Waals surface area contributed by atoms with Gasteiger partial charge in [-0.3, -0.25) is 0 Å². The van der Waals surface area contributed by atoms with Gasteiger partial charge >= 0.3 is 70.2 Å². The molecule has 3 heteroatoms. The molecular weight excluding hydrogens is 146 g/mol. The van der Waals surface area contributed by atoms with Crippen molar-refractivity contribution in [3.63, 3.8) is 0 Å². The second-order valence-corrected chi connectivity index (χ2v) is 2.40. The molecule has 0 spiro atoms. The Bertz CT molecular complexity index is 53.1. The van der Waals surface area contributed by atoms with Gasteiger partial charge in [-0.15, -0.1) is 5.60 Å². The fraction of sp³-hybridized carbons (Fsp3) is 0.571. The summed E-state index contributed by atoms with van der Waals surface area (Å²) in [7, 11) is 0. The third-order valence-electron chi connectivity index (χ3n) is 0. The molecule has 0 unspecified atom stereocenters. The Morgan fingerprint density at radius 3 is 1.40 bits per heavy atom. The standard InChI is InChI=1S/C4H9O.C3H5.K.Li/c1-4(2,3)5;1-3-2;;/h1-3H3;3H,1-2H2;;/q2*-1;2*+1. The van der Waals surface area contributed by atoms with Crippen LogP contribution in [0.2, 0.25) is 0 Å². The first kappa shape index (κ1) is 22.6. The van der Waals surface area contributed by atoms with Gasteiger partial charge in [0.1, 0.15) is 0 Å². The van der Waals surface area contributed by atoms with Gasteiger partial charge < -0.3 is 5.11 Å². The van der Waals surface area contributed by atoms with E-state index >= 15 is 0 Å². The molecule has 0 rings (SSSR count). The summed E-state index contributed by atoms with van der Waals surface area (Å²) in [5.41, 5.74) is -0.750. The molecule has 0 saturated carbocycles. The number of hydrogen-bond acceptors (Lipinski definition) is 1. The van der Waals surface area contributed by atoms with E-state index in [1.165, 1.54) is 6.08 Å².